The summed E-state index contributed by atoms with van der Waals surface area (Å²) in [5.41, 5.74) is 0. The molecule has 0 aromatic carbocycles. The van der Waals surface area contributed by atoms with Crippen LogP contribution in [0.1, 0.15) is 33.1 Å². The fourth-order valence-electron chi connectivity index (χ4n) is 1.38. The maximum atomic E-state index is 5.62. The molecule has 1 nitrogen and oxygen atoms in total. The summed E-state index contributed by atoms with van der Waals surface area (Å²) in [6, 6.07) is 0. The quantitative estimate of drug-likeness (QED) is 0.585. The second-order valence-electron chi connectivity index (χ2n) is 3.28. The molecule has 1 heteroatoms. The molecule has 0 bridgehead atoms. The molecule has 0 spiro atoms. The van der Waals surface area contributed by atoms with Crippen molar-refractivity contribution in [2.45, 2.75) is 45.3 Å². The van der Waals surface area contributed by atoms with E-state index in [1.807, 2.05) is 0 Å². The van der Waals surface area contributed by atoms with Crippen molar-refractivity contribution in [3.63, 3.8) is 0 Å². The molecule has 0 aliphatic carbocycles. The Bertz CT molecular complexity index is 170. The summed E-state index contributed by atoms with van der Waals surface area (Å²) in [5.74, 6) is 0. The molecule has 0 N–H and O–H groups in total. The van der Waals surface area contributed by atoms with Gasteiger partial charge in [-0.2, -0.15) is 0 Å². The summed E-state index contributed by atoms with van der Waals surface area (Å²) in [6.45, 7) is 4.27. The third kappa shape index (κ3) is 3.22. The molecular weight excluding hydrogens is 148 g/mol. The van der Waals surface area contributed by atoms with Gasteiger partial charge in [0.1, 0.15) is 0 Å². The van der Waals surface area contributed by atoms with E-state index < -0.39 is 0 Å². The lowest BCUT2D eigenvalue weighted by Gasteiger charge is -2.03. The zero-order valence-corrected chi connectivity index (χ0v) is 7.99. The van der Waals surface area contributed by atoms with E-state index in [0.29, 0.717) is 12.2 Å². The Morgan fingerprint density at radius 3 is 2.75 bits per heavy atom. The maximum absolute atomic E-state index is 5.62. The first-order valence-electron chi connectivity index (χ1n) is 4.81. The molecule has 12 heavy (non-hydrogen) atoms. The standard InChI is InChI=1S/C11H18O/c1-3-4-5-6-7-11-9-8-10(2)12-11/h4-7,10-11H,3,8-9H2,1-2H3. The molecule has 1 saturated heterocycles. The average Bonchev–Trinajstić information content (AvgIpc) is 2.45. The zero-order chi connectivity index (χ0) is 8.81. The second-order valence-corrected chi connectivity index (χ2v) is 3.28. The van der Waals surface area contributed by atoms with Gasteiger partial charge in [-0.25, -0.2) is 0 Å². The maximum Gasteiger partial charge on any atom is 0.0763 e. The van der Waals surface area contributed by atoms with Gasteiger partial charge in [0.2, 0.25) is 0 Å². The lowest BCUT2D eigenvalue weighted by atomic mass is 10.2. The van der Waals surface area contributed by atoms with Gasteiger partial charge < -0.3 is 4.74 Å². The van der Waals surface area contributed by atoms with Crippen molar-refractivity contribution in [3.8, 4) is 0 Å². The average molecular weight is 166 g/mol. The first-order valence-corrected chi connectivity index (χ1v) is 4.81. The lowest BCUT2D eigenvalue weighted by Crippen LogP contribution is -2.03. The molecule has 1 aliphatic rings. The van der Waals surface area contributed by atoms with Crippen molar-refractivity contribution in [2.75, 3.05) is 0 Å². The number of hydrogen-bond donors (Lipinski definition) is 0. The number of rotatable bonds is 3. The lowest BCUT2D eigenvalue weighted by molar-refractivity contribution is 0.0833. The van der Waals surface area contributed by atoms with E-state index in [2.05, 4.69) is 38.2 Å². The van der Waals surface area contributed by atoms with E-state index in [9.17, 15) is 0 Å². The van der Waals surface area contributed by atoms with Crippen LogP contribution in [0, 0.1) is 0 Å². The second kappa shape index (κ2) is 5.15. The van der Waals surface area contributed by atoms with Gasteiger partial charge in [0.15, 0.2) is 0 Å². The van der Waals surface area contributed by atoms with Gasteiger partial charge in [0, 0.05) is 0 Å². The first-order chi connectivity index (χ1) is 5.83. The Kier molecular flexibility index (Phi) is 4.09. The van der Waals surface area contributed by atoms with E-state index in [1.165, 1.54) is 12.8 Å². The van der Waals surface area contributed by atoms with Gasteiger partial charge in [-0.15, -0.1) is 0 Å². The number of ether oxygens (including phenoxy) is 1. The zero-order valence-electron chi connectivity index (χ0n) is 7.99. The van der Waals surface area contributed by atoms with E-state index in [1.54, 1.807) is 0 Å². The summed E-state index contributed by atoms with van der Waals surface area (Å²) in [6.07, 6.45) is 12.8. The van der Waals surface area contributed by atoms with E-state index >= 15 is 0 Å². The number of allylic oxidation sites excluding steroid dienone is 3. The highest BCUT2D eigenvalue weighted by molar-refractivity contribution is 5.05. The highest BCUT2D eigenvalue weighted by atomic mass is 16.5. The molecule has 0 radical (unpaired) electrons. The van der Waals surface area contributed by atoms with E-state index in [0.717, 1.165) is 6.42 Å². The molecular formula is C11H18O. The van der Waals surface area contributed by atoms with E-state index in [4.69, 9.17) is 4.74 Å². The van der Waals surface area contributed by atoms with Crippen molar-refractivity contribution in [1.29, 1.82) is 0 Å². The van der Waals surface area contributed by atoms with Crippen LogP contribution in [0.5, 0.6) is 0 Å². The van der Waals surface area contributed by atoms with Crippen LogP contribution in [-0.4, -0.2) is 12.2 Å². The fraction of sp³-hybridized carbons (Fsp3) is 0.636. The van der Waals surface area contributed by atoms with Crippen LogP contribution in [0.2, 0.25) is 0 Å². The van der Waals surface area contributed by atoms with Crippen molar-refractivity contribution in [1.82, 2.24) is 0 Å². The Balaban J connectivity index is 2.22. The molecule has 68 valence electrons. The highest BCUT2D eigenvalue weighted by Gasteiger charge is 2.18. The van der Waals surface area contributed by atoms with Gasteiger partial charge in [0.05, 0.1) is 12.2 Å². The van der Waals surface area contributed by atoms with Gasteiger partial charge >= 0.3 is 0 Å². The molecule has 1 aliphatic heterocycles. The highest BCUT2D eigenvalue weighted by Crippen LogP contribution is 2.19. The van der Waals surface area contributed by atoms with Crippen LogP contribution < -0.4 is 0 Å². The van der Waals surface area contributed by atoms with Crippen LogP contribution in [0.15, 0.2) is 24.3 Å². The topological polar surface area (TPSA) is 9.23 Å². The third-order valence-corrected chi connectivity index (χ3v) is 2.07. The summed E-state index contributed by atoms with van der Waals surface area (Å²) in [7, 11) is 0. The molecule has 0 aromatic heterocycles. The molecule has 1 heterocycles. The van der Waals surface area contributed by atoms with Gasteiger partial charge in [-0.3, -0.25) is 0 Å². The van der Waals surface area contributed by atoms with Crippen LogP contribution in [0.25, 0.3) is 0 Å². The van der Waals surface area contributed by atoms with Gasteiger partial charge in [-0.05, 0) is 26.2 Å². The smallest absolute Gasteiger partial charge is 0.0763 e. The van der Waals surface area contributed by atoms with Crippen molar-refractivity contribution in [3.05, 3.63) is 24.3 Å². The summed E-state index contributed by atoms with van der Waals surface area (Å²) >= 11 is 0. The monoisotopic (exact) mass is 166 g/mol. The minimum absolute atomic E-state index is 0.363. The Hall–Kier alpha value is -0.560. The number of hydrogen-bond acceptors (Lipinski definition) is 1. The molecule has 0 aromatic rings. The minimum Gasteiger partial charge on any atom is -0.371 e. The molecule has 0 saturated carbocycles. The largest absolute Gasteiger partial charge is 0.371 e. The molecule has 1 rings (SSSR count). The Morgan fingerprint density at radius 2 is 2.17 bits per heavy atom. The predicted molar refractivity (Wildman–Crippen MR) is 52.1 cm³/mol. The molecule has 2 unspecified atom stereocenters. The summed E-state index contributed by atoms with van der Waals surface area (Å²) < 4.78 is 5.62. The molecule has 0 amide bonds. The van der Waals surface area contributed by atoms with Gasteiger partial charge in [0.25, 0.3) is 0 Å². The summed E-state index contributed by atoms with van der Waals surface area (Å²) in [5, 5.41) is 0. The van der Waals surface area contributed by atoms with Gasteiger partial charge in [-0.1, -0.05) is 31.2 Å². The van der Waals surface area contributed by atoms with Crippen LogP contribution in [0.4, 0.5) is 0 Å². The molecule has 2 atom stereocenters. The fourth-order valence-corrected chi connectivity index (χ4v) is 1.38. The third-order valence-electron chi connectivity index (χ3n) is 2.07. The Morgan fingerprint density at radius 1 is 1.33 bits per heavy atom. The van der Waals surface area contributed by atoms with Crippen LogP contribution >= 0.6 is 0 Å². The van der Waals surface area contributed by atoms with Crippen LogP contribution in [0.3, 0.4) is 0 Å². The molecule has 1 fully saturated rings. The van der Waals surface area contributed by atoms with Crippen molar-refractivity contribution in [2.24, 2.45) is 0 Å². The minimum atomic E-state index is 0.363. The predicted octanol–water partition coefficient (Wildman–Crippen LogP) is 3.08. The normalized spacial score (nSPS) is 30.8. The SMILES string of the molecule is CCC=CC=CC1CCC(C)O1. The van der Waals surface area contributed by atoms with E-state index in [-0.39, 0.29) is 0 Å². The summed E-state index contributed by atoms with van der Waals surface area (Å²) in [4.78, 5) is 0. The van der Waals surface area contributed by atoms with Crippen molar-refractivity contribution < 1.29 is 4.74 Å². The first kappa shape index (κ1) is 9.53. The van der Waals surface area contributed by atoms with Crippen molar-refractivity contribution >= 4 is 0 Å². The Labute approximate surface area is 75.1 Å². The van der Waals surface area contributed by atoms with Crippen LogP contribution in [-0.2, 0) is 4.74 Å².